The van der Waals surface area contributed by atoms with E-state index in [0.717, 1.165) is 24.3 Å². The number of benzene rings is 2. The summed E-state index contributed by atoms with van der Waals surface area (Å²) in [5.74, 6) is -2.82. The van der Waals surface area contributed by atoms with Crippen molar-refractivity contribution in [2.24, 2.45) is 0 Å². The summed E-state index contributed by atoms with van der Waals surface area (Å²) in [4.78, 5) is 23.9. The van der Waals surface area contributed by atoms with Crippen molar-refractivity contribution in [1.29, 1.82) is 0 Å². The van der Waals surface area contributed by atoms with E-state index in [4.69, 9.17) is 0 Å². The predicted molar refractivity (Wildman–Crippen MR) is 105 cm³/mol. The molecular weight excluding hydrogens is 419 g/mol. The molecule has 9 heteroatoms. The summed E-state index contributed by atoms with van der Waals surface area (Å²) >= 11 is 0. The quantitative estimate of drug-likeness (QED) is 0.464. The average molecular weight is 442 g/mol. The van der Waals surface area contributed by atoms with Crippen LogP contribution in [0.25, 0.3) is 0 Å². The average Bonchev–Trinajstić information content (AvgIpc) is 2.69. The fourth-order valence-corrected chi connectivity index (χ4v) is 2.85. The number of rotatable bonds is 8. The lowest BCUT2D eigenvalue weighted by molar-refractivity contribution is -0.137. The minimum Gasteiger partial charge on any atom is -0.355 e. The highest BCUT2D eigenvalue weighted by Gasteiger charge is 2.32. The number of hydrogen-bond acceptors (Lipinski definition) is 2. The van der Waals surface area contributed by atoms with Crippen LogP contribution >= 0.6 is 0 Å². The van der Waals surface area contributed by atoms with Gasteiger partial charge in [0.25, 0.3) is 5.91 Å². The van der Waals surface area contributed by atoms with E-state index in [1.165, 1.54) is 6.07 Å². The van der Waals surface area contributed by atoms with Gasteiger partial charge in [-0.05, 0) is 30.2 Å². The maximum Gasteiger partial charge on any atom is 0.416 e. The largest absolute Gasteiger partial charge is 0.416 e. The molecule has 0 aliphatic carbocycles. The molecule has 0 fully saturated rings. The number of hydrogen-bond donors (Lipinski definition) is 2. The molecule has 2 aromatic rings. The molecule has 2 rings (SSSR count). The van der Waals surface area contributed by atoms with E-state index in [0.29, 0.717) is 11.6 Å². The molecular formula is C22H23F5N2O2. The van der Waals surface area contributed by atoms with Crippen LogP contribution in [0.1, 0.15) is 48.2 Å². The van der Waals surface area contributed by atoms with E-state index >= 15 is 0 Å². The van der Waals surface area contributed by atoms with Gasteiger partial charge in [-0.2, -0.15) is 13.2 Å². The Hall–Kier alpha value is -2.97. The van der Waals surface area contributed by atoms with Gasteiger partial charge in [0.05, 0.1) is 11.1 Å². The SMILES string of the molecule is CC(C)(CNC(=O)CCCNC(=O)c1ccc(F)cc1F)c1cccc(C(F)(F)F)c1. The standard InChI is InChI=1S/C22H23F5N2O2/c1-21(2,14-5-3-6-15(11-14)22(25,26)27)13-29-19(30)7-4-10-28-20(31)17-9-8-16(23)12-18(17)24/h3,5-6,8-9,11-12H,4,7,10,13H2,1-2H3,(H,28,31)(H,29,30). The molecule has 2 aromatic carbocycles. The number of carbonyl (C=O) groups excluding carboxylic acids is 2. The van der Waals surface area contributed by atoms with E-state index in [1.54, 1.807) is 19.9 Å². The normalized spacial score (nSPS) is 11.8. The smallest absolute Gasteiger partial charge is 0.355 e. The maximum absolute atomic E-state index is 13.6. The molecule has 2 amide bonds. The summed E-state index contributed by atoms with van der Waals surface area (Å²) in [5, 5.41) is 5.13. The second kappa shape index (κ2) is 9.89. The first-order valence-electron chi connectivity index (χ1n) is 9.58. The van der Waals surface area contributed by atoms with Crippen LogP contribution in [0.2, 0.25) is 0 Å². The van der Waals surface area contributed by atoms with E-state index in [1.807, 2.05) is 0 Å². The van der Waals surface area contributed by atoms with Crippen molar-refractivity contribution in [2.75, 3.05) is 13.1 Å². The summed E-state index contributed by atoms with van der Waals surface area (Å²) in [5.41, 5.74) is -1.34. The lowest BCUT2D eigenvalue weighted by Crippen LogP contribution is -2.37. The second-order valence-corrected chi connectivity index (χ2v) is 7.72. The zero-order chi connectivity index (χ0) is 23.2. The zero-order valence-corrected chi connectivity index (χ0v) is 17.1. The first-order valence-corrected chi connectivity index (χ1v) is 9.58. The van der Waals surface area contributed by atoms with Gasteiger partial charge in [-0.25, -0.2) is 8.78 Å². The number of alkyl halides is 3. The third-order valence-electron chi connectivity index (χ3n) is 4.74. The summed E-state index contributed by atoms with van der Waals surface area (Å²) < 4.78 is 65.2. The molecule has 0 aromatic heterocycles. The van der Waals surface area contributed by atoms with E-state index in [-0.39, 0.29) is 37.4 Å². The van der Waals surface area contributed by atoms with Crippen molar-refractivity contribution in [1.82, 2.24) is 10.6 Å². The Labute approximate surface area is 176 Å². The third kappa shape index (κ3) is 7.04. The highest BCUT2D eigenvalue weighted by molar-refractivity contribution is 5.94. The third-order valence-corrected chi connectivity index (χ3v) is 4.74. The van der Waals surface area contributed by atoms with Crippen LogP contribution in [0, 0.1) is 11.6 Å². The Bertz CT molecular complexity index is 942. The summed E-state index contributed by atoms with van der Waals surface area (Å²) in [6.07, 6.45) is -4.12. The molecule has 0 bridgehead atoms. The molecule has 0 saturated heterocycles. The van der Waals surface area contributed by atoms with Crippen LogP contribution in [0.3, 0.4) is 0 Å². The van der Waals surface area contributed by atoms with E-state index < -0.39 is 34.7 Å². The van der Waals surface area contributed by atoms with Crippen LogP contribution in [0.5, 0.6) is 0 Å². The second-order valence-electron chi connectivity index (χ2n) is 7.72. The van der Waals surface area contributed by atoms with Gasteiger partial charge in [-0.15, -0.1) is 0 Å². The maximum atomic E-state index is 13.6. The number of nitrogens with one attached hydrogen (secondary N) is 2. The molecule has 2 N–H and O–H groups in total. The van der Waals surface area contributed by atoms with Gasteiger partial charge in [-0.3, -0.25) is 9.59 Å². The lowest BCUT2D eigenvalue weighted by atomic mass is 9.83. The fraction of sp³-hybridized carbons (Fsp3) is 0.364. The Morgan fingerprint density at radius 3 is 2.26 bits per heavy atom. The summed E-state index contributed by atoms with van der Waals surface area (Å²) in [6, 6.07) is 7.56. The number of halogens is 5. The Kier molecular flexibility index (Phi) is 7.75. The molecule has 31 heavy (non-hydrogen) atoms. The molecule has 0 aliphatic heterocycles. The van der Waals surface area contributed by atoms with Crippen LogP contribution in [-0.2, 0) is 16.4 Å². The summed E-state index contributed by atoms with van der Waals surface area (Å²) in [7, 11) is 0. The van der Waals surface area contributed by atoms with Crippen molar-refractivity contribution in [3.8, 4) is 0 Å². The highest BCUT2D eigenvalue weighted by Crippen LogP contribution is 2.32. The molecule has 0 aliphatic rings. The zero-order valence-electron chi connectivity index (χ0n) is 17.1. The van der Waals surface area contributed by atoms with Gasteiger partial charge in [0.15, 0.2) is 0 Å². The Morgan fingerprint density at radius 1 is 0.935 bits per heavy atom. The molecule has 0 saturated carbocycles. The van der Waals surface area contributed by atoms with Crippen LogP contribution in [0.15, 0.2) is 42.5 Å². The first-order chi connectivity index (χ1) is 14.4. The van der Waals surface area contributed by atoms with Crippen molar-refractivity contribution < 1.29 is 31.5 Å². The predicted octanol–water partition coefficient (Wildman–Crippen LogP) is 4.59. The molecule has 4 nitrogen and oxygen atoms in total. The van der Waals surface area contributed by atoms with Crippen LogP contribution in [0.4, 0.5) is 22.0 Å². The molecule has 0 atom stereocenters. The van der Waals surface area contributed by atoms with E-state index in [2.05, 4.69) is 10.6 Å². The van der Waals surface area contributed by atoms with Crippen molar-refractivity contribution in [2.45, 2.75) is 38.3 Å². The van der Waals surface area contributed by atoms with Gasteiger partial charge in [0.1, 0.15) is 11.6 Å². The fourth-order valence-electron chi connectivity index (χ4n) is 2.85. The molecule has 0 unspecified atom stereocenters. The van der Waals surface area contributed by atoms with Crippen molar-refractivity contribution in [3.05, 3.63) is 70.8 Å². The topological polar surface area (TPSA) is 58.2 Å². The number of amides is 2. The monoisotopic (exact) mass is 442 g/mol. The highest BCUT2D eigenvalue weighted by atomic mass is 19.4. The molecule has 168 valence electrons. The molecule has 0 spiro atoms. The lowest BCUT2D eigenvalue weighted by Gasteiger charge is -2.26. The minimum absolute atomic E-state index is 0.0604. The van der Waals surface area contributed by atoms with Gasteiger partial charge < -0.3 is 10.6 Å². The van der Waals surface area contributed by atoms with Gasteiger partial charge in [0.2, 0.25) is 5.91 Å². The van der Waals surface area contributed by atoms with Gasteiger partial charge in [0, 0.05) is 31.0 Å². The van der Waals surface area contributed by atoms with Crippen molar-refractivity contribution in [3.63, 3.8) is 0 Å². The van der Waals surface area contributed by atoms with E-state index in [9.17, 15) is 31.5 Å². The summed E-state index contributed by atoms with van der Waals surface area (Å²) in [6.45, 7) is 3.67. The first kappa shape index (κ1) is 24.3. The van der Waals surface area contributed by atoms with Crippen LogP contribution < -0.4 is 10.6 Å². The molecule has 0 radical (unpaired) electrons. The van der Waals surface area contributed by atoms with Crippen molar-refractivity contribution >= 4 is 11.8 Å². The Morgan fingerprint density at radius 2 is 1.61 bits per heavy atom. The Balaban J connectivity index is 1.79. The minimum atomic E-state index is -4.45. The van der Waals surface area contributed by atoms with Gasteiger partial charge >= 0.3 is 6.18 Å². The number of carbonyl (C=O) groups is 2. The van der Waals surface area contributed by atoms with Gasteiger partial charge in [-0.1, -0.05) is 32.0 Å². The van der Waals surface area contributed by atoms with Crippen LogP contribution in [-0.4, -0.2) is 24.9 Å². The molecule has 0 heterocycles.